The van der Waals surface area contributed by atoms with E-state index < -0.39 is 17.9 Å². The molecule has 224 valence electrons. The number of aliphatic carboxylic acids is 1. The molecule has 0 spiro atoms. The van der Waals surface area contributed by atoms with Crippen molar-refractivity contribution in [2.45, 2.75) is 58.3 Å². The number of allylic oxidation sites excluding steroid dienone is 12. The molecule has 0 radical (unpaired) electrons. The molecule has 0 unspecified atom stereocenters. The van der Waals surface area contributed by atoms with Crippen molar-refractivity contribution < 1.29 is 29.7 Å². The first-order valence-electron chi connectivity index (χ1n) is 13.7. The van der Waals surface area contributed by atoms with E-state index in [0.717, 1.165) is 38.5 Å². The van der Waals surface area contributed by atoms with Crippen LogP contribution in [0.1, 0.15) is 79.0 Å². The van der Waals surface area contributed by atoms with Gasteiger partial charge in [0.05, 0.1) is 11.9 Å². The van der Waals surface area contributed by atoms with Crippen LogP contribution in [0, 0.1) is 0 Å². The molecule has 0 saturated heterocycles. The maximum atomic E-state index is 10.2. The minimum atomic E-state index is -1.19. The number of carboxylic acids is 3. The molecule has 2 rings (SSSR count). The largest absolute Gasteiger partial charge is 3.00 e. The Morgan fingerprint density at radius 1 is 0.605 bits per heavy atom. The molecular weight excluding hydrogens is 559 g/mol. The van der Waals surface area contributed by atoms with Gasteiger partial charge in [0.2, 0.25) is 0 Å². The number of pyridine rings is 2. The second-order valence-corrected chi connectivity index (χ2v) is 8.38. The summed E-state index contributed by atoms with van der Waals surface area (Å²) in [6.45, 7) is 2.15. The minimum absolute atomic E-state index is 0. The van der Waals surface area contributed by atoms with E-state index in [9.17, 15) is 29.7 Å². The van der Waals surface area contributed by atoms with E-state index in [1.165, 1.54) is 36.9 Å². The molecule has 0 aliphatic rings. The third kappa shape index (κ3) is 29.0. The number of carboxylic acid groups (broad SMARTS) is 3. The van der Waals surface area contributed by atoms with Crippen molar-refractivity contribution >= 4 is 35.3 Å². The number of rotatable bonds is 16. The zero-order valence-electron chi connectivity index (χ0n) is 24.6. The Hall–Kier alpha value is -4.32. The molecule has 0 N–H and O–H groups in total. The maximum absolute atomic E-state index is 10.2. The Balaban J connectivity index is 0. The number of aromatic nitrogens is 2. The summed E-state index contributed by atoms with van der Waals surface area (Å²) in [6.07, 6.45) is 37.6. The van der Waals surface area contributed by atoms with Gasteiger partial charge in [-0.2, -0.15) is 0 Å². The molecule has 2 aromatic rings. The third-order valence-corrected chi connectivity index (χ3v) is 4.91. The SMILES string of the molecule is CC/C=C/C/C=C/C/C=C/C/C=C/C/C=C/C/C=C/CCC(=O)[O-].O=C([O-])c1cccnc1.O=C([O-])c1cccnc1.[Al+3]. The fourth-order valence-corrected chi connectivity index (χ4v) is 2.81. The van der Waals surface area contributed by atoms with E-state index >= 15 is 0 Å². The normalized spacial score (nSPS) is 11.0. The van der Waals surface area contributed by atoms with Crippen molar-refractivity contribution in [2.75, 3.05) is 0 Å². The van der Waals surface area contributed by atoms with Gasteiger partial charge in [-0.05, 0) is 63.5 Å². The number of hydrogen-bond acceptors (Lipinski definition) is 8. The molecule has 0 aliphatic carbocycles. The first-order valence-corrected chi connectivity index (χ1v) is 13.7. The van der Waals surface area contributed by atoms with Gasteiger partial charge in [0.1, 0.15) is 0 Å². The van der Waals surface area contributed by atoms with Gasteiger partial charge in [-0.25, -0.2) is 0 Å². The number of carbonyl (C=O) groups excluding carboxylic acids is 3. The summed E-state index contributed by atoms with van der Waals surface area (Å²) < 4.78 is 0. The topological polar surface area (TPSA) is 146 Å². The number of carbonyl (C=O) groups is 3. The minimum Gasteiger partial charge on any atom is -0.550 e. The Kier molecular flexibility index (Phi) is 29.1. The van der Waals surface area contributed by atoms with Crippen LogP contribution in [0.5, 0.6) is 0 Å². The standard InChI is InChI=1S/C22H32O2.2C6H5NO2.Al/c1-2-3-4-5-6-7-8-9-10-11-12-13-14-15-16-17-18-19-20-21-22(23)24;2*8-6(9)5-2-1-3-7-4-5;/h3-4,6-7,9-10,12-13,15-16,18-19H,2,5,8,11,14,17,20-21H2,1H3,(H,23,24);2*1-4H,(H,8,9);/q;;;+3/p-3/b4-3+,7-6+,10-9+,13-12+,16-15+,19-18+;;;. The molecule has 0 fully saturated rings. The van der Waals surface area contributed by atoms with E-state index in [-0.39, 0.29) is 34.9 Å². The Bertz CT molecular complexity index is 1120. The Morgan fingerprint density at radius 2 is 0.953 bits per heavy atom. The van der Waals surface area contributed by atoms with Crippen LogP contribution in [0.15, 0.2) is 122 Å². The van der Waals surface area contributed by atoms with E-state index in [1.807, 2.05) is 12.2 Å². The van der Waals surface area contributed by atoms with Gasteiger partial charge in [-0.15, -0.1) is 0 Å². The smallest absolute Gasteiger partial charge is 0.550 e. The van der Waals surface area contributed by atoms with Crippen LogP contribution in [0.3, 0.4) is 0 Å². The van der Waals surface area contributed by atoms with Crippen molar-refractivity contribution in [3.8, 4) is 0 Å². The van der Waals surface area contributed by atoms with Crippen LogP contribution >= 0.6 is 0 Å². The summed E-state index contributed by atoms with van der Waals surface area (Å²) in [6, 6.07) is 5.96. The van der Waals surface area contributed by atoms with Crippen molar-refractivity contribution in [1.82, 2.24) is 9.97 Å². The molecular formula is C34H39AlN2O6. The van der Waals surface area contributed by atoms with Gasteiger partial charge in [0, 0.05) is 41.9 Å². The van der Waals surface area contributed by atoms with Gasteiger partial charge in [-0.1, -0.05) is 92.0 Å². The van der Waals surface area contributed by atoms with Crippen LogP contribution in [0.25, 0.3) is 0 Å². The predicted octanol–water partition coefficient (Wildman–Crippen LogP) is 3.72. The summed E-state index contributed by atoms with van der Waals surface area (Å²) in [5.41, 5.74) is 0.218. The van der Waals surface area contributed by atoms with Gasteiger partial charge < -0.3 is 29.7 Å². The van der Waals surface area contributed by atoms with Gasteiger partial charge in [0.25, 0.3) is 0 Å². The molecule has 0 atom stereocenters. The van der Waals surface area contributed by atoms with E-state index in [2.05, 4.69) is 77.7 Å². The van der Waals surface area contributed by atoms with Crippen molar-refractivity contribution in [3.63, 3.8) is 0 Å². The average molecular weight is 599 g/mol. The average Bonchev–Trinajstić information content (AvgIpc) is 2.99. The van der Waals surface area contributed by atoms with Crippen molar-refractivity contribution in [3.05, 3.63) is 133 Å². The van der Waals surface area contributed by atoms with E-state index in [1.54, 1.807) is 12.1 Å². The van der Waals surface area contributed by atoms with Crippen molar-refractivity contribution in [1.29, 1.82) is 0 Å². The van der Waals surface area contributed by atoms with Gasteiger partial charge in [-0.3, -0.25) is 9.97 Å². The van der Waals surface area contributed by atoms with Crippen LogP contribution in [-0.4, -0.2) is 45.2 Å². The maximum Gasteiger partial charge on any atom is 3.00 e. The van der Waals surface area contributed by atoms with Crippen molar-refractivity contribution in [2.24, 2.45) is 0 Å². The number of nitrogens with zero attached hydrogens (tertiary/aromatic N) is 2. The molecule has 0 aromatic carbocycles. The van der Waals surface area contributed by atoms with E-state index in [0.29, 0.717) is 6.42 Å². The molecule has 2 heterocycles. The molecule has 0 saturated carbocycles. The Labute approximate surface area is 265 Å². The number of aromatic carboxylic acids is 2. The fraction of sp³-hybridized carbons (Fsp3) is 0.265. The summed E-state index contributed by atoms with van der Waals surface area (Å²) in [5.74, 6) is -3.37. The quantitative estimate of drug-likeness (QED) is 0.210. The second kappa shape index (κ2) is 30.6. The summed E-state index contributed by atoms with van der Waals surface area (Å²) in [7, 11) is 0. The summed E-state index contributed by atoms with van der Waals surface area (Å²) in [5, 5.41) is 30.3. The van der Waals surface area contributed by atoms with Crippen LogP contribution in [0.4, 0.5) is 0 Å². The Morgan fingerprint density at radius 3 is 1.21 bits per heavy atom. The summed E-state index contributed by atoms with van der Waals surface area (Å²) >= 11 is 0. The first kappa shape index (κ1) is 40.8. The van der Waals surface area contributed by atoms with Crippen LogP contribution in [0.2, 0.25) is 0 Å². The van der Waals surface area contributed by atoms with E-state index in [4.69, 9.17) is 0 Å². The molecule has 43 heavy (non-hydrogen) atoms. The fourth-order valence-electron chi connectivity index (χ4n) is 2.81. The van der Waals surface area contributed by atoms with Crippen LogP contribution in [-0.2, 0) is 4.79 Å². The first-order chi connectivity index (χ1) is 20.4. The molecule has 0 amide bonds. The second-order valence-electron chi connectivity index (χ2n) is 8.38. The molecule has 2 aromatic heterocycles. The zero-order valence-corrected chi connectivity index (χ0v) is 25.8. The molecule has 0 bridgehead atoms. The molecule has 0 aliphatic heterocycles. The van der Waals surface area contributed by atoms with Crippen LogP contribution < -0.4 is 15.3 Å². The number of hydrogen-bond donors (Lipinski definition) is 0. The van der Waals surface area contributed by atoms with Gasteiger partial charge >= 0.3 is 17.4 Å². The molecule has 8 nitrogen and oxygen atoms in total. The monoisotopic (exact) mass is 598 g/mol. The van der Waals surface area contributed by atoms with Gasteiger partial charge in [0.15, 0.2) is 0 Å². The third-order valence-electron chi connectivity index (χ3n) is 4.91. The molecule has 9 heteroatoms. The predicted molar refractivity (Wildman–Crippen MR) is 165 cm³/mol. The summed E-state index contributed by atoms with van der Waals surface area (Å²) in [4.78, 5) is 37.5. The zero-order chi connectivity index (χ0) is 31.1.